The van der Waals surface area contributed by atoms with Crippen molar-refractivity contribution >= 4 is 40.9 Å². The van der Waals surface area contributed by atoms with Gasteiger partial charge in [-0.1, -0.05) is 116 Å². The highest BCUT2D eigenvalue weighted by molar-refractivity contribution is 6.35. The average molecular weight is 747 g/mol. The second-order valence-electron chi connectivity index (χ2n) is 13.5. The molecule has 1 aromatic heterocycles. The van der Waals surface area contributed by atoms with Crippen molar-refractivity contribution in [2.75, 3.05) is 0 Å². The molecule has 2 saturated carbocycles. The molecule has 4 atom stereocenters. The quantitative estimate of drug-likeness (QED) is 0.128. The van der Waals surface area contributed by atoms with Gasteiger partial charge in [0.15, 0.2) is 5.69 Å². The van der Waals surface area contributed by atoms with Crippen LogP contribution in [0, 0.1) is 0 Å². The zero-order valence-electron chi connectivity index (χ0n) is 29.1. The molecule has 3 aromatic carbocycles. The minimum atomic E-state index is -0.511. The van der Waals surface area contributed by atoms with Crippen LogP contribution < -0.4 is 16.0 Å². The van der Waals surface area contributed by atoms with E-state index in [4.69, 9.17) is 32.7 Å². The topological polar surface area (TPSA) is 124 Å². The third-order valence-corrected chi connectivity index (χ3v) is 10.3. The number of aromatic nitrogens is 2. The monoisotopic (exact) mass is 745 g/mol. The Morgan fingerprint density at radius 2 is 1.29 bits per heavy atom. The SMILES string of the molecule is O=C(Cn1nc(C(=O)NCc2ccc(Cl)cc2Cl)cc1C(=O)N[C@H]1CCCC[C@@H]1OCc1ccccc1)N[C@H]1CCCC[C@@H]1OCc1ccccc1. The van der Waals surface area contributed by atoms with Gasteiger partial charge in [-0.3, -0.25) is 14.4 Å². The van der Waals surface area contributed by atoms with Crippen molar-refractivity contribution < 1.29 is 23.9 Å². The molecule has 0 saturated heterocycles. The van der Waals surface area contributed by atoms with E-state index >= 15 is 0 Å². The fraction of sp³-hybridized carbons (Fsp3) is 0.400. The summed E-state index contributed by atoms with van der Waals surface area (Å²) in [4.78, 5) is 40.9. The fourth-order valence-electron chi connectivity index (χ4n) is 6.87. The lowest BCUT2D eigenvalue weighted by molar-refractivity contribution is -0.124. The number of amides is 3. The van der Waals surface area contributed by atoms with Gasteiger partial charge in [-0.2, -0.15) is 5.10 Å². The van der Waals surface area contributed by atoms with Gasteiger partial charge in [0.25, 0.3) is 11.8 Å². The number of carbonyl (C=O) groups excluding carboxylic acids is 3. The number of hydrogen-bond acceptors (Lipinski definition) is 6. The van der Waals surface area contributed by atoms with Crippen LogP contribution in [-0.2, 0) is 40.6 Å². The van der Waals surface area contributed by atoms with Crippen LogP contribution in [0.3, 0.4) is 0 Å². The predicted molar refractivity (Wildman–Crippen MR) is 200 cm³/mol. The first kappa shape index (κ1) is 37.5. The van der Waals surface area contributed by atoms with E-state index in [9.17, 15) is 14.4 Å². The largest absolute Gasteiger partial charge is 0.371 e. The number of rotatable bonds is 14. The molecule has 2 aliphatic carbocycles. The summed E-state index contributed by atoms with van der Waals surface area (Å²) in [5.41, 5.74) is 2.91. The van der Waals surface area contributed by atoms with Crippen molar-refractivity contribution in [2.24, 2.45) is 0 Å². The Morgan fingerprint density at radius 1 is 0.712 bits per heavy atom. The van der Waals surface area contributed by atoms with Crippen LogP contribution in [0.25, 0.3) is 0 Å². The van der Waals surface area contributed by atoms with Gasteiger partial charge in [0.2, 0.25) is 5.91 Å². The number of nitrogens with one attached hydrogen (secondary N) is 3. The summed E-state index contributed by atoms with van der Waals surface area (Å²) < 4.78 is 13.9. The molecule has 3 amide bonds. The summed E-state index contributed by atoms with van der Waals surface area (Å²) in [5.74, 6) is -1.26. The molecule has 274 valence electrons. The van der Waals surface area contributed by atoms with Crippen molar-refractivity contribution in [3.63, 3.8) is 0 Å². The molecule has 0 radical (unpaired) electrons. The average Bonchev–Trinajstić information content (AvgIpc) is 3.58. The lowest BCUT2D eigenvalue weighted by Gasteiger charge is -2.32. The first-order valence-corrected chi connectivity index (χ1v) is 18.8. The Kier molecular flexibility index (Phi) is 13.4. The van der Waals surface area contributed by atoms with Gasteiger partial charge in [0.05, 0.1) is 37.5 Å². The molecule has 0 spiro atoms. The third-order valence-electron chi connectivity index (χ3n) is 9.67. The van der Waals surface area contributed by atoms with Crippen molar-refractivity contribution in [1.82, 2.24) is 25.7 Å². The predicted octanol–water partition coefficient (Wildman–Crippen LogP) is 7.02. The maximum Gasteiger partial charge on any atom is 0.272 e. The van der Waals surface area contributed by atoms with E-state index in [0.29, 0.717) is 28.8 Å². The van der Waals surface area contributed by atoms with Crippen LogP contribution in [0.2, 0.25) is 10.0 Å². The summed E-state index contributed by atoms with van der Waals surface area (Å²) in [7, 11) is 0. The van der Waals surface area contributed by atoms with Crippen molar-refractivity contribution in [3.8, 4) is 0 Å². The highest BCUT2D eigenvalue weighted by Crippen LogP contribution is 2.25. The maximum atomic E-state index is 13.9. The van der Waals surface area contributed by atoms with Gasteiger partial charge in [-0.15, -0.1) is 0 Å². The molecule has 12 heteroatoms. The fourth-order valence-corrected chi connectivity index (χ4v) is 7.35. The van der Waals surface area contributed by atoms with Gasteiger partial charge in [0.1, 0.15) is 12.2 Å². The van der Waals surface area contributed by atoms with Crippen molar-refractivity contribution in [1.29, 1.82) is 0 Å². The highest BCUT2D eigenvalue weighted by atomic mass is 35.5. The maximum absolute atomic E-state index is 13.9. The molecule has 0 bridgehead atoms. The molecule has 2 fully saturated rings. The van der Waals surface area contributed by atoms with E-state index in [1.165, 1.54) is 10.7 Å². The Balaban J connectivity index is 1.15. The van der Waals surface area contributed by atoms with E-state index < -0.39 is 11.8 Å². The summed E-state index contributed by atoms with van der Waals surface area (Å²) in [5, 5.41) is 14.5. The molecule has 0 aliphatic heterocycles. The Labute approximate surface area is 314 Å². The second-order valence-corrected chi connectivity index (χ2v) is 14.3. The summed E-state index contributed by atoms with van der Waals surface area (Å²) in [6.07, 6.45) is 6.82. The number of ether oxygens (including phenoxy) is 2. The first-order chi connectivity index (χ1) is 25.3. The van der Waals surface area contributed by atoms with E-state index in [-0.39, 0.29) is 54.7 Å². The summed E-state index contributed by atoms with van der Waals surface area (Å²) >= 11 is 12.3. The van der Waals surface area contributed by atoms with Gasteiger partial charge in [-0.05, 0) is 54.5 Å². The Morgan fingerprint density at radius 3 is 1.88 bits per heavy atom. The van der Waals surface area contributed by atoms with Crippen LogP contribution in [0.15, 0.2) is 84.9 Å². The Bertz CT molecular complexity index is 1800. The molecular weight excluding hydrogens is 701 g/mol. The van der Waals surface area contributed by atoms with Crippen LogP contribution >= 0.6 is 23.2 Å². The smallest absolute Gasteiger partial charge is 0.272 e. The minimum absolute atomic E-state index is 0.00490. The highest BCUT2D eigenvalue weighted by Gasteiger charge is 2.31. The van der Waals surface area contributed by atoms with Crippen LogP contribution in [-0.4, -0.2) is 51.8 Å². The third kappa shape index (κ3) is 10.4. The normalized spacial score (nSPS) is 20.2. The lowest BCUT2D eigenvalue weighted by atomic mass is 9.92. The van der Waals surface area contributed by atoms with Gasteiger partial charge < -0.3 is 25.4 Å². The van der Waals surface area contributed by atoms with Crippen molar-refractivity contribution in [3.05, 3.63) is 123 Å². The van der Waals surface area contributed by atoms with E-state index in [0.717, 1.165) is 62.5 Å². The van der Waals surface area contributed by atoms with Crippen LogP contribution in [0.4, 0.5) is 0 Å². The Hall–Kier alpha value is -4.22. The lowest BCUT2D eigenvalue weighted by Crippen LogP contribution is -2.48. The summed E-state index contributed by atoms with van der Waals surface area (Å²) in [6.45, 7) is 0.769. The molecule has 10 nitrogen and oxygen atoms in total. The number of nitrogens with zero attached hydrogens (tertiary/aromatic N) is 2. The molecular formula is C40H45Cl2N5O5. The summed E-state index contributed by atoms with van der Waals surface area (Å²) in [6, 6.07) is 25.9. The zero-order chi connectivity index (χ0) is 36.3. The van der Waals surface area contributed by atoms with E-state index in [2.05, 4.69) is 21.0 Å². The standard InChI is InChI=1S/C40H45Cl2N5O5/c41-30-20-19-29(31(42)21-30)23-43-39(49)34-22-35(40(50)45-33-16-8-10-18-37(33)52-26-28-13-5-2-6-14-28)47(46-34)24-38(48)44-32-15-7-9-17-36(32)51-25-27-11-3-1-4-12-27/h1-6,11-14,19-22,32-33,36-37H,7-10,15-18,23-26H2,(H,43,49)(H,44,48)(H,45,50)/t32-,33-,36-,37-/m0/s1. The number of benzene rings is 3. The van der Waals surface area contributed by atoms with E-state index in [1.807, 2.05) is 60.7 Å². The number of halogens is 2. The molecule has 6 rings (SSSR count). The van der Waals surface area contributed by atoms with Gasteiger partial charge in [-0.25, -0.2) is 4.68 Å². The number of hydrogen-bond donors (Lipinski definition) is 3. The molecule has 3 N–H and O–H groups in total. The van der Waals surface area contributed by atoms with Crippen LogP contribution in [0.5, 0.6) is 0 Å². The molecule has 52 heavy (non-hydrogen) atoms. The molecule has 0 unspecified atom stereocenters. The van der Waals surface area contributed by atoms with Gasteiger partial charge >= 0.3 is 0 Å². The van der Waals surface area contributed by atoms with Crippen molar-refractivity contribution in [2.45, 2.75) is 102 Å². The first-order valence-electron chi connectivity index (χ1n) is 18.0. The molecule has 2 aliphatic rings. The molecule has 4 aromatic rings. The van der Waals surface area contributed by atoms with Gasteiger partial charge in [0, 0.05) is 22.7 Å². The molecule has 1 heterocycles. The minimum Gasteiger partial charge on any atom is -0.371 e. The second kappa shape index (κ2) is 18.5. The zero-order valence-corrected chi connectivity index (χ0v) is 30.6. The van der Waals surface area contributed by atoms with E-state index in [1.54, 1.807) is 18.2 Å². The van der Waals surface area contributed by atoms with Crippen LogP contribution in [0.1, 0.15) is 89.0 Å². The number of carbonyl (C=O) groups is 3.